The number of hydrogen-bond acceptors (Lipinski definition) is 4. The molecule has 0 bridgehead atoms. The molecular weight excluding hydrogens is 469 g/mol. The van der Waals surface area contributed by atoms with E-state index in [0.29, 0.717) is 16.6 Å². The maximum Gasteiger partial charge on any atom is 0.224 e. The van der Waals surface area contributed by atoms with E-state index in [1.165, 1.54) is 12.1 Å². The van der Waals surface area contributed by atoms with Crippen LogP contribution in [0.2, 0.25) is 10.0 Å². The standard InChI is InChI=1S/C26H29Cl2N5O/c1-31-9-11-32(12-10-31)24-7-5-19(23-17-33-8-2-3-25(33)30-23)15-20(24)16-29-26(34)14-18-4-6-21(27)22(28)13-18/h4-7,13,15,17H,2-3,8-12,14,16H2,1H3,(H,29,34). The summed E-state index contributed by atoms with van der Waals surface area (Å²) in [6.45, 7) is 5.50. The SMILES string of the molecule is CN1CCN(c2ccc(-c3cn4c(n3)CCC4)cc2CNC(=O)Cc2ccc(Cl)c(Cl)c2)CC1. The van der Waals surface area contributed by atoms with Gasteiger partial charge in [-0.1, -0.05) is 35.3 Å². The molecule has 3 aromatic rings. The van der Waals surface area contributed by atoms with Crippen LogP contribution in [0.1, 0.15) is 23.4 Å². The van der Waals surface area contributed by atoms with Crippen LogP contribution in [0.3, 0.4) is 0 Å². The second-order valence-corrected chi connectivity index (χ2v) is 9.99. The van der Waals surface area contributed by atoms with Crippen molar-refractivity contribution in [3.05, 3.63) is 69.6 Å². The van der Waals surface area contributed by atoms with Gasteiger partial charge in [0.1, 0.15) is 5.82 Å². The minimum atomic E-state index is -0.0471. The molecule has 1 saturated heterocycles. The number of imidazole rings is 1. The van der Waals surface area contributed by atoms with Crippen molar-refractivity contribution >= 4 is 34.8 Å². The maximum absolute atomic E-state index is 12.7. The first-order valence-corrected chi connectivity index (χ1v) is 12.6. The highest BCUT2D eigenvalue weighted by Crippen LogP contribution is 2.30. The van der Waals surface area contributed by atoms with Gasteiger partial charge in [0, 0.05) is 63.1 Å². The number of nitrogens with zero attached hydrogens (tertiary/aromatic N) is 4. The molecule has 2 aromatic carbocycles. The second kappa shape index (κ2) is 9.98. The van der Waals surface area contributed by atoms with Gasteiger partial charge in [0.2, 0.25) is 5.91 Å². The van der Waals surface area contributed by atoms with E-state index in [2.05, 4.69) is 51.1 Å². The number of carbonyl (C=O) groups excluding carboxylic acids is 1. The number of carbonyl (C=O) groups is 1. The van der Waals surface area contributed by atoms with Gasteiger partial charge in [-0.3, -0.25) is 4.79 Å². The van der Waals surface area contributed by atoms with Crippen LogP contribution < -0.4 is 10.2 Å². The Hall–Kier alpha value is -2.54. The van der Waals surface area contributed by atoms with E-state index in [1.54, 1.807) is 12.1 Å². The lowest BCUT2D eigenvalue weighted by atomic mass is 10.0. The fraction of sp³-hybridized carbons (Fsp3) is 0.385. The number of amides is 1. The lowest BCUT2D eigenvalue weighted by Gasteiger charge is -2.35. The van der Waals surface area contributed by atoms with Gasteiger partial charge < -0.3 is 19.7 Å². The Morgan fingerprint density at radius 1 is 1.03 bits per heavy atom. The molecule has 8 heteroatoms. The molecule has 0 radical (unpaired) electrons. The lowest BCUT2D eigenvalue weighted by molar-refractivity contribution is -0.120. The molecule has 0 aliphatic carbocycles. The second-order valence-electron chi connectivity index (χ2n) is 9.18. The van der Waals surface area contributed by atoms with Crippen molar-refractivity contribution < 1.29 is 4.79 Å². The van der Waals surface area contributed by atoms with E-state index in [1.807, 2.05) is 6.07 Å². The van der Waals surface area contributed by atoms with Crippen LogP contribution in [0.5, 0.6) is 0 Å². The zero-order valence-corrected chi connectivity index (χ0v) is 20.9. The number of halogens is 2. The lowest BCUT2D eigenvalue weighted by Crippen LogP contribution is -2.45. The molecule has 1 fully saturated rings. The number of nitrogens with one attached hydrogen (secondary N) is 1. The molecule has 0 unspecified atom stereocenters. The highest BCUT2D eigenvalue weighted by molar-refractivity contribution is 6.42. The third kappa shape index (κ3) is 5.09. The Morgan fingerprint density at radius 2 is 1.85 bits per heavy atom. The number of likely N-dealkylation sites (N-methyl/N-ethyl adjacent to an activating group) is 1. The van der Waals surface area contributed by atoms with E-state index in [0.717, 1.165) is 67.4 Å². The van der Waals surface area contributed by atoms with Crippen LogP contribution in [0.15, 0.2) is 42.6 Å². The third-order valence-corrected chi connectivity index (χ3v) is 7.44. The van der Waals surface area contributed by atoms with Crippen LogP contribution in [-0.4, -0.2) is 53.6 Å². The summed E-state index contributed by atoms with van der Waals surface area (Å²) in [5.74, 6) is 1.11. The van der Waals surface area contributed by atoms with Crippen molar-refractivity contribution in [3.8, 4) is 11.3 Å². The van der Waals surface area contributed by atoms with Crippen molar-refractivity contribution in [2.24, 2.45) is 0 Å². The largest absolute Gasteiger partial charge is 0.369 e. The molecular formula is C26H29Cl2N5O. The monoisotopic (exact) mass is 497 g/mol. The van der Waals surface area contributed by atoms with E-state index < -0.39 is 0 Å². The number of aromatic nitrogens is 2. The number of aryl methyl sites for hydroxylation is 2. The van der Waals surface area contributed by atoms with Crippen LogP contribution in [0.4, 0.5) is 5.69 Å². The number of anilines is 1. The zero-order chi connectivity index (χ0) is 23.7. The molecule has 178 valence electrons. The predicted octanol–water partition coefficient (Wildman–Crippen LogP) is 4.41. The summed E-state index contributed by atoms with van der Waals surface area (Å²) in [7, 11) is 2.16. The predicted molar refractivity (Wildman–Crippen MR) is 138 cm³/mol. The van der Waals surface area contributed by atoms with Crippen molar-refractivity contribution in [1.29, 1.82) is 0 Å². The fourth-order valence-electron chi connectivity index (χ4n) is 4.73. The summed E-state index contributed by atoms with van der Waals surface area (Å²) in [6.07, 6.45) is 4.62. The van der Waals surface area contributed by atoms with Gasteiger partial charge >= 0.3 is 0 Å². The number of fused-ring (bicyclic) bond motifs is 1. The molecule has 1 aromatic heterocycles. The van der Waals surface area contributed by atoms with Gasteiger partial charge in [0.15, 0.2) is 0 Å². The Morgan fingerprint density at radius 3 is 2.62 bits per heavy atom. The van der Waals surface area contributed by atoms with E-state index in [9.17, 15) is 4.79 Å². The highest BCUT2D eigenvalue weighted by atomic mass is 35.5. The number of piperazine rings is 1. The molecule has 1 amide bonds. The summed E-state index contributed by atoms with van der Waals surface area (Å²) < 4.78 is 2.25. The summed E-state index contributed by atoms with van der Waals surface area (Å²) in [6, 6.07) is 11.8. The smallest absolute Gasteiger partial charge is 0.224 e. The van der Waals surface area contributed by atoms with Gasteiger partial charge in [0.25, 0.3) is 0 Å². The quantitative estimate of drug-likeness (QED) is 0.547. The molecule has 34 heavy (non-hydrogen) atoms. The first-order valence-electron chi connectivity index (χ1n) is 11.8. The molecule has 0 spiro atoms. The average Bonchev–Trinajstić information content (AvgIpc) is 3.43. The van der Waals surface area contributed by atoms with Crippen LogP contribution in [-0.2, 0) is 30.7 Å². The number of benzene rings is 2. The Labute approximate surface area is 210 Å². The van der Waals surface area contributed by atoms with E-state index in [-0.39, 0.29) is 12.3 Å². The van der Waals surface area contributed by atoms with Crippen molar-refractivity contribution in [2.75, 3.05) is 38.1 Å². The van der Waals surface area contributed by atoms with Crippen molar-refractivity contribution in [2.45, 2.75) is 32.4 Å². The molecule has 2 aliphatic rings. The van der Waals surface area contributed by atoms with E-state index >= 15 is 0 Å². The molecule has 1 N–H and O–H groups in total. The fourth-order valence-corrected chi connectivity index (χ4v) is 5.05. The Kier molecular flexibility index (Phi) is 6.82. The van der Waals surface area contributed by atoms with Gasteiger partial charge in [-0.25, -0.2) is 4.98 Å². The third-order valence-electron chi connectivity index (χ3n) is 6.70. The first-order chi connectivity index (χ1) is 16.5. The zero-order valence-electron chi connectivity index (χ0n) is 19.4. The summed E-state index contributed by atoms with van der Waals surface area (Å²) >= 11 is 12.1. The highest BCUT2D eigenvalue weighted by Gasteiger charge is 2.20. The van der Waals surface area contributed by atoms with Crippen LogP contribution >= 0.6 is 23.2 Å². The molecule has 3 heterocycles. The normalized spacial score (nSPS) is 16.0. The summed E-state index contributed by atoms with van der Waals surface area (Å²) in [5, 5.41) is 4.06. The summed E-state index contributed by atoms with van der Waals surface area (Å²) in [5.41, 5.74) is 5.22. The number of hydrogen-bond donors (Lipinski definition) is 1. The molecule has 5 rings (SSSR count). The number of rotatable bonds is 6. The van der Waals surface area contributed by atoms with Gasteiger partial charge in [0.05, 0.1) is 22.2 Å². The minimum absolute atomic E-state index is 0.0471. The maximum atomic E-state index is 12.7. The van der Waals surface area contributed by atoms with Gasteiger partial charge in [-0.05, 0) is 48.9 Å². The van der Waals surface area contributed by atoms with Crippen LogP contribution in [0.25, 0.3) is 11.3 Å². The Bertz CT molecular complexity index is 1180. The summed E-state index contributed by atoms with van der Waals surface area (Å²) in [4.78, 5) is 22.3. The van der Waals surface area contributed by atoms with Crippen LogP contribution in [0, 0.1) is 0 Å². The average molecular weight is 498 g/mol. The topological polar surface area (TPSA) is 53.4 Å². The molecule has 0 atom stereocenters. The van der Waals surface area contributed by atoms with Gasteiger partial charge in [-0.15, -0.1) is 0 Å². The first kappa shape index (κ1) is 23.2. The van der Waals surface area contributed by atoms with Crippen molar-refractivity contribution in [1.82, 2.24) is 19.8 Å². The van der Waals surface area contributed by atoms with Crippen molar-refractivity contribution in [3.63, 3.8) is 0 Å². The van der Waals surface area contributed by atoms with E-state index in [4.69, 9.17) is 28.2 Å². The minimum Gasteiger partial charge on any atom is -0.369 e. The van der Waals surface area contributed by atoms with Gasteiger partial charge in [-0.2, -0.15) is 0 Å². The molecule has 2 aliphatic heterocycles. The Balaban J connectivity index is 1.35. The molecule has 0 saturated carbocycles. The molecule has 6 nitrogen and oxygen atoms in total.